The number of carbonyl (C=O) groups is 1. The van der Waals surface area contributed by atoms with Crippen LogP contribution < -0.4 is 5.73 Å². The van der Waals surface area contributed by atoms with Crippen molar-refractivity contribution in [1.29, 1.82) is 0 Å². The highest BCUT2D eigenvalue weighted by Gasteiger charge is 2.05. The summed E-state index contributed by atoms with van der Waals surface area (Å²) >= 11 is 0. The quantitative estimate of drug-likeness (QED) is 0.431. The number of anilines is 1. The number of hydrogen-bond donors (Lipinski definition) is 2. The monoisotopic (exact) mass is 193 g/mol. The first-order chi connectivity index (χ1) is 6.63. The first-order valence-electron chi connectivity index (χ1n) is 3.98. The van der Waals surface area contributed by atoms with Crippen LogP contribution in [0.3, 0.4) is 0 Å². The molecule has 0 amide bonds. The van der Waals surface area contributed by atoms with E-state index < -0.39 is 5.97 Å². The molecule has 0 aliphatic carbocycles. The Morgan fingerprint density at radius 1 is 1.43 bits per heavy atom. The Labute approximate surface area is 81.6 Å². The van der Waals surface area contributed by atoms with E-state index in [1.165, 1.54) is 13.2 Å². The fourth-order valence-corrected chi connectivity index (χ4v) is 0.952. The minimum absolute atomic E-state index is 0.102. The van der Waals surface area contributed by atoms with Crippen LogP contribution >= 0.6 is 0 Å². The van der Waals surface area contributed by atoms with Gasteiger partial charge in [0.2, 0.25) is 5.76 Å². The summed E-state index contributed by atoms with van der Waals surface area (Å²) in [7, 11) is 1.32. The van der Waals surface area contributed by atoms with E-state index in [2.05, 4.69) is 4.74 Å². The topological polar surface area (TPSA) is 72.5 Å². The van der Waals surface area contributed by atoms with Crippen LogP contribution in [-0.4, -0.2) is 18.2 Å². The van der Waals surface area contributed by atoms with Gasteiger partial charge in [-0.1, -0.05) is 12.1 Å². The lowest BCUT2D eigenvalue weighted by Crippen LogP contribution is -2.01. The van der Waals surface area contributed by atoms with Crippen LogP contribution in [0.4, 0.5) is 5.69 Å². The van der Waals surface area contributed by atoms with Gasteiger partial charge >= 0.3 is 5.97 Å². The summed E-state index contributed by atoms with van der Waals surface area (Å²) < 4.78 is 4.68. The molecule has 0 bridgehead atoms. The molecule has 74 valence electrons. The van der Waals surface area contributed by atoms with Crippen LogP contribution in [0, 0.1) is 0 Å². The Hall–Kier alpha value is -1.97. The van der Waals surface area contributed by atoms with E-state index in [0.717, 1.165) is 5.56 Å². The molecule has 4 nitrogen and oxygen atoms in total. The van der Waals surface area contributed by atoms with E-state index in [1.807, 2.05) is 0 Å². The average Bonchev–Trinajstić information content (AvgIpc) is 2.16. The van der Waals surface area contributed by atoms with E-state index in [-0.39, 0.29) is 5.76 Å². The van der Waals surface area contributed by atoms with E-state index in [0.29, 0.717) is 5.69 Å². The third kappa shape index (κ3) is 2.52. The second-order valence-corrected chi connectivity index (χ2v) is 2.68. The molecule has 0 aromatic heterocycles. The molecule has 1 aromatic rings. The zero-order valence-electron chi connectivity index (χ0n) is 7.73. The molecule has 1 rings (SSSR count). The summed E-state index contributed by atoms with van der Waals surface area (Å²) in [6.45, 7) is 0. The SMILES string of the molecule is CO/C(=C\c1ccc(N)cc1)C(=O)O. The number of methoxy groups -OCH3 is 1. The standard InChI is InChI=1S/C10H11NO3/c1-14-9(10(12)13)6-7-2-4-8(11)5-3-7/h2-6H,11H2,1H3,(H,12,13)/b9-6-. The summed E-state index contributed by atoms with van der Waals surface area (Å²) in [5.41, 5.74) is 6.85. The predicted molar refractivity (Wildman–Crippen MR) is 53.5 cm³/mol. The number of rotatable bonds is 3. The van der Waals surface area contributed by atoms with Crippen molar-refractivity contribution in [3.63, 3.8) is 0 Å². The molecule has 0 atom stereocenters. The van der Waals surface area contributed by atoms with Gasteiger partial charge in [-0.05, 0) is 23.8 Å². The van der Waals surface area contributed by atoms with Crippen molar-refractivity contribution in [1.82, 2.24) is 0 Å². The van der Waals surface area contributed by atoms with Gasteiger partial charge in [0.05, 0.1) is 7.11 Å². The summed E-state index contributed by atoms with van der Waals surface area (Å²) in [4.78, 5) is 10.6. The highest BCUT2D eigenvalue weighted by atomic mass is 16.5. The third-order valence-corrected chi connectivity index (χ3v) is 1.66. The van der Waals surface area contributed by atoms with Crippen LogP contribution in [0.5, 0.6) is 0 Å². The van der Waals surface area contributed by atoms with Gasteiger partial charge in [0.25, 0.3) is 0 Å². The van der Waals surface area contributed by atoms with Crippen LogP contribution in [0.2, 0.25) is 0 Å². The molecule has 14 heavy (non-hydrogen) atoms. The fraction of sp³-hybridized carbons (Fsp3) is 0.100. The zero-order valence-corrected chi connectivity index (χ0v) is 7.73. The Morgan fingerprint density at radius 2 is 2.00 bits per heavy atom. The average molecular weight is 193 g/mol. The van der Waals surface area contributed by atoms with Gasteiger partial charge in [0, 0.05) is 5.69 Å². The molecule has 0 saturated heterocycles. The van der Waals surface area contributed by atoms with Crippen molar-refractivity contribution in [3.05, 3.63) is 35.6 Å². The molecule has 4 heteroatoms. The smallest absolute Gasteiger partial charge is 0.371 e. The maximum atomic E-state index is 10.6. The predicted octanol–water partition coefficient (Wildman–Crippen LogP) is 1.34. The van der Waals surface area contributed by atoms with Gasteiger partial charge in [-0.3, -0.25) is 0 Å². The minimum Gasteiger partial charge on any atom is -0.490 e. The largest absolute Gasteiger partial charge is 0.490 e. The molecular weight excluding hydrogens is 182 g/mol. The highest BCUT2D eigenvalue weighted by molar-refractivity contribution is 5.89. The maximum absolute atomic E-state index is 10.6. The van der Waals surface area contributed by atoms with Gasteiger partial charge in [-0.2, -0.15) is 0 Å². The summed E-state index contributed by atoms with van der Waals surface area (Å²) in [5.74, 6) is -1.20. The van der Waals surface area contributed by atoms with Crippen molar-refractivity contribution in [2.45, 2.75) is 0 Å². The van der Waals surface area contributed by atoms with E-state index >= 15 is 0 Å². The molecule has 0 heterocycles. The highest BCUT2D eigenvalue weighted by Crippen LogP contribution is 2.10. The van der Waals surface area contributed by atoms with Crippen molar-refractivity contribution >= 4 is 17.7 Å². The van der Waals surface area contributed by atoms with Crippen molar-refractivity contribution in [3.8, 4) is 0 Å². The maximum Gasteiger partial charge on any atom is 0.371 e. The van der Waals surface area contributed by atoms with Crippen LogP contribution in [0.15, 0.2) is 30.0 Å². The number of ether oxygens (including phenoxy) is 1. The Bertz CT molecular complexity index is 354. The molecule has 0 unspecified atom stereocenters. The van der Waals surface area contributed by atoms with Gasteiger partial charge in [0.1, 0.15) is 0 Å². The number of hydrogen-bond acceptors (Lipinski definition) is 3. The second-order valence-electron chi connectivity index (χ2n) is 2.68. The summed E-state index contributed by atoms with van der Waals surface area (Å²) in [6, 6.07) is 6.83. The van der Waals surface area contributed by atoms with Crippen molar-refractivity contribution < 1.29 is 14.6 Å². The van der Waals surface area contributed by atoms with Gasteiger partial charge < -0.3 is 15.6 Å². The number of carboxylic acids is 1. The third-order valence-electron chi connectivity index (χ3n) is 1.66. The molecule has 0 fully saturated rings. The Balaban J connectivity index is 2.95. The summed E-state index contributed by atoms with van der Waals surface area (Å²) in [6.07, 6.45) is 1.43. The first-order valence-corrected chi connectivity index (χ1v) is 3.98. The minimum atomic E-state index is -1.09. The lowest BCUT2D eigenvalue weighted by molar-refractivity contribution is -0.135. The number of nitrogen functional groups attached to an aromatic ring is 1. The van der Waals surface area contributed by atoms with Crippen molar-refractivity contribution in [2.75, 3.05) is 12.8 Å². The Kier molecular flexibility index (Phi) is 3.12. The number of aliphatic carboxylic acids is 1. The van der Waals surface area contributed by atoms with Gasteiger partial charge in [-0.25, -0.2) is 4.79 Å². The molecule has 0 aliphatic heterocycles. The molecule has 0 saturated carbocycles. The molecule has 0 aliphatic rings. The number of benzene rings is 1. The van der Waals surface area contributed by atoms with E-state index in [1.54, 1.807) is 24.3 Å². The van der Waals surface area contributed by atoms with Crippen LogP contribution in [-0.2, 0) is 9.53 Å². The lowest BCUT2D eigenvalue weighted by atomic mass is 10.2. The van der Waals surface area contributed by atoms with Gasteiger partial charge in [0.15, 0.2) is 0 Å². The summed E-state index contributed by atoms with van der Waals surface area (Å²) in [5, 5.41) is 8.67. The van der Waals surface area contributed by atoms with Crippen molar-refractivity contribution in [2.24, 2.45) is 0 Å². The van der Waals surface area contributed by atoms with E-state index in [4.69, 9.17) is 10.8 Å². The molecule has 3 N–H and O–H groups in total. The Morgan fingerprint density at radius 3 is 2.43 bits per heavy atom. The molecule has 0 spiro atoms. The normalized spacial score (nSPS) is 11.1. The zero-order chi connectivity index (χ0) is 10.6. The van der Waals surface area contributed by atoms with E-state index in [9.17, 15) is 4.79 Å². The first kappa shape index (κ1) is 10.1. The molecule has 1 aromatic carbocycles. The number of nitrogens with two attached hydrogens (primary N) is 1. The molecule has 0 radical (unpaired) electrons. The fourth-order valence-electron chi connectivity index (χ4n) is 0.952. The van der Waals surface area contributed by atoms with Gasteiger partial charge in [-0.15, -0.1) is 0 Å². The lowest BCUT2D eigenvalue weighted by Gasteiger charge is -2.00. The van der Waals surface area contributed by atoms with Crippen LogP contribution in [0.1, 0.15) is 5.56 Å². The second kappa shape index (κ2) is 4.32. The number of carboxylic acid groups (broad SMARTS) is 1. The molecular formula is C10H11NO3. The van der Waals surface area contributed by atoms with Crippen LogP contribution in [0.25, 0.3) is 6.08 Å².